The Morgan fingerprint density at radius 3 is 3.00 bits per heavy atom. The van der Waals surface area contributed by atoms with Crippen molar-refractivity contribution in [2.24, 2.45) is 4.99 Å². The van der Waals surface area contributed by atoms with Crippen LogP contribution in [-0.2, 0) is 9.53 Å². The summed E-state index contributed by atoms with van der Waals surface area (Å²) in [6.07, 6.45) is 9.33. The van der Waals surface area contributed by atoms with E-state index in [1.165, 1.54) is 51.2 Å². The van der Waals surface area contributed by atoms with Gasteiger partial charge in [0.05, 0.1) is 23.6 Å². The highest BCUT2D eigenvalue weighted by atomic mass is 35.5. The summed E-state index contributed by atoms with van der Waals surface area (Å²) in [5, 5.41) is 2.79. The number of aliphatic imine (C=N–C) groups is 1. The first kappa shape index (κ1) is 24.0. The maximum Gasteiger partial charge on any atom is 0.315 e. The Balaban J connectivity index is 0.000000230. The number of rotatable bonds is 4. The summed E-state index contributed by atoms with van der Waals surface area (Å²) in [7, 11) is 1.29. The summed E-state index contributed by atoms with van der Waals surface area (Å²) in [6.45, 7) is 2.22. The summed E-state index contributed by atoms with van der Waals surface area (Å²) >= 11 is 15.6. The van der Waals surface area contributed by atoms with Crippen LogP contribution < -0.4 is 5.32 Å². The summed E-state index contributed by atoms with van der Waals surface area (Å²) in [4.78, 5) is 18.4. The molecule has 0 saturated heterocycles. The molecular formula is C19H23ClFN3O2S3. The van der Waals surface area contributed by atoms with E-state index in [4.69, 9.17) is 23.8 Å². The number of hydrogen-bond donors (Lipinski definition) is 2. The molecule has 0 bridgehead atoms. The van der Waals surface area contributed by atoms with Crippen LogP contribution in [-0.4, -0.2) is 47.0 Å². The Bertz CT molecular complexity index is 805. The second kappa shape index (κ2) is 12.4. The lowest BCUT2D eigenvalue weighted by atomic mass is 10.2. The Hall–Kier alpha value is -1.29. The summed E-state index contributed by atoms with van der Waals surface area (Å²) in [6, 6.07) is 2.61. The minimum atomic E-state index is -0.543. The topological polar surface area (TPSA) is 53.9 Å². The number of amidine groups is 1. The lowest BCUT2D eigenvalue weighted by Gasteiger charge is -2.24. The predicted octanol–water partition coefficient (Wildman–Crippen LogP) is 5.16. The SMILES string of the molecule is C1=CN2CCCN=C2CCC1.COC(=O)CSc1cc(NC(=S)S)c(F)cc1Cl. The van der Waals surface area contributed by atoms with E-state index >= 15 is 0 Å². The number of benzene rings is 1. The number of nitrogens with zero attached hydrogens (tertiary/aromatic N) is 2. The predicted molar refractivity (Wildman–Crippen MR) is 126 cm³/mol. The number of fused-ring (bicyclic) bond motifs is 1. The summed E-state index contributed by atoms with van der Waals surface area (Å²) in [5.74, 6) is 0.468. The average Bonchev–Trinajstić information content (AvgIpc) is 2.94. The molecule has 0 atom stereocenters. The van der Waals surface area contributed by atoms with E-state index in [2.05, 4.69) is 44.9 Å². The van der Waals surface area contributed by atoms with Crippen molar-refractivity contribution >= 4 is 70.0 Å². The van der Waals surface area contributed by atoms with Gasteiger partial charge in [-0.25, -0.2) is 4.39 Å². The van der Waals surface area contributed by atoms with Crippen LogP contribution in [0.15, 0.2) is 34.3 Å². The Morgan fingerprint density at radius 1 is 1.48 bits per heavy atom. The van der Waals surface area contributed by atoms with Gasteiger partial charge in [0.25, 0.3) is 0 Å². The zero-order chi connectivity index (χ0) is 21.2. The van der Waals surface area contributed by atoms with Crippen LogP contribution in [0.5, 0.6) is 0 Å². The molecule has 10 heteroatoms. The second-order valence-corrected chi connectivity index (χ2v) is 8.76. The molecule has 2 heterocycles. The van der Waals surface area contributed by atoms with Gasteiger partial charge in [-0.3, -0.25) is 9.79 Å². The molecular weight excluding hydrogens is 453 g/mol. The molecule has 0 aliphatic carbocycles. The molecule has 158 valence electrons. The smallest absolute Gasteiger partial charge is 0.315 e. The number of hydrogen-bond acceptors (Lipinski definition) is 6. The number of carbonyl (C=O) groups is 1. The zero-order valence-electron chi connectivity index (χ0n) is 16.0. The Labute approximate surface area is 190 Å². The molecule has 29 heavy (non-hydrogen) atoms. The van der Waals surface area contributed by atoms with E-state index in [0.717, 1.165) is 24.4 Å². The lowest BCUT2D eigenvalue weighted by Crippen LogP contribution is -2.30. The van der Waals surface area contributed by atoms with Gasteiger partial charge >= 0.3 is 5.97 Å². The highest BCUT2D eigenvalue weighted by molar-refractivity contribution is 8.11. The van der Waals surface area contributed by atoms with Crippen molar-refractivity contribution < 1.29 is 13.9 Å². The lowest BCUT2D eigenvalue weighted by molar-refractivity contribution is -0.137. The highest BCUT2D eigenvalue weighted by Gasteiger charge is 2.13. The van der Waals surface area contributed by atoms with Gasteiger partial charge in [-0.15, -0.1) is 24.4 Å². The fraction of sp³-hybridized carbons (Fsp3) is 0.421. The van der Waals surface area contributed by atoms with E-state index in [1.54, 1.807) is 0 Å². The van der Waals surface area contributed by atoms with E-state index in [1.807, 2.05) is 0 Å². The molecule has 1 aromatic carbocycles. The van der Waals surface area contributed by atoms with Gasteiger partial charge in [-0.05, 0) is 31.4 Å². The highest BCUT2D eigenvalue weighted by Crippen LogP contribution is 2.32. The summed E-state index contributed by atoms with van der Waals surface area (Å²) < 4.78 is 18.2. The third kappa shape index (κ3) is 8.16. The molecule has 2 aliphatic rings. The number of thiocarbonyl (C=S) groups is 1. The average molecular weight is 476 g/mol. The van der Waals surface area contributed by atoms with Crippen LogP contribution in [0.4, 0.5) is 10.1 Å². The van der Waals surface area contributed by atoms with Crippen LogP contribution in [0.1, 0.15) is 25.7 Å². The Morgan fingerprint density at radius 2 is 2.28 bits per heavy atom. The maximum absolute atomic E-state index is 13.5. The second-order valence-electron chi connectivity index (χ2n) is 6.18. The van der Waals surface area contributed by atoms with Crippen molar-refractivity contribution in [3.05, 3.63) is 35.2 Å². The normalized spacial score (nSPS) is 15.3. The van der Waals surface area contributed by atoms with Gasteiger partial charge in [0.1, 0.15) is 16.0 Å². The molecule has 0 spiro atoms. The van der Waals surface area contributed by atoms with Crippen molar-refractivity contribution in [2.45, 2.75) is 30.6 Å². The molecule has 0 fully saturated rings. The summed E-state index contributed by atoms with van der Waals surface area (Å²) in [5.41, 5.74) is 0.159. The molecule has 0 unspecified atom stereocenters. The number of allylic oxidation sites excluding steroid dienone is 1. The molecule has 3 rings (SSSR count). The van der Waals surface area contributed by atoms with Crippen molar-refractivity contribution in [3.8, 4) is 0 Å². The largest absolute Gasteiger partial charge is 0.468 e. The van der Waals surface area contributed by atoms with Gasteiger partial charge in [-0.2, -0.15) is 0 Å². The molecule has 0 saturated carbocycles. The monoisotopic (exact) mass is 475 g/mol. The molecule has 0 radical (unpaired) electrons. The Kier molecular flexibility index (Phi) is 10.3. The molecule has 1 N–H and O–H groups in total. The van der Waals surface area contributed by atoms with Crippen LogP contribution in [0.3, 0.4) is 0 Å². The number of anilines is 1. The van der Waals surface area contributed by atoms with Gasteiger partial charge in [0.15, 0.2) is 0 Å². The van der Waals surface area contributed by atoms with E-state index in [0.29, 0.717) is 4.90 Å². The third-order valence-electron chi connectivity index (χ3n) is 4.08. The number of halogens is 2. The number of carbonyl (C=O) groups excluding carboxylic acids is 1. The van der Waals surface area contributed by atoms with Crippen LogP contribution in [0.2, 0.25) is 5.02 Å². The number of nitrogens with one attached hydrogen (secondary N) is 1. The minimum Gasteiger partial charge on any atom is -0.468 e. The van der Waals surface area contributed by atoms with Crippen LogP contribution in [0, 0.1) is 5.82 Å². The van der Waals surface area contributed by atoms with Crippen molar-refractivity contribution in [3.63, 3.8) is 0 Å². The number of thioether (sulfide) groups is 1. The van der Waals surface area contributed by atoms with Crippen molar-refractivity contribution in [2.75, 3.05) is 31.3 Å². The first-order valence-electron chi connectivity index (χ1n) is 9.06. The fourth-order valence-electron chi connectivity index (χ4n) is 2.68. The van der Waals surface area contributed by atoms with E-state index in [-0.39, 0.29) is 26.8 Å². The third-order valence-corrected chi connectivity index (χ3v) is 5.74. The van der Waals surface area contributed by atoms with Crippen molar-refractivity contribution in [1.29, 1.82) is 0 Å². The minimum absolute atomic E-state index is 0.0899. The fourth-order valence-corrected chi connectivity index (χ4v) is 4.01. The number of methoxy groups -OCH3 is 1. The van der Waals surface area contributed by atoms with Gasteiger partial charge in [-0.1, -0.05) is 29.9 Å². The number of ether oxygens (including phenoxy) is 1. The molecule has 0 amide bonds. The van der Waals surface area contributed by atoms with Crippen LogP contribution in [0.25, 0.3) is 0 Å². The zero-order valence-corrected chi connectivity index (χ0v) is 19.3. The quantitative estimate of drug-likeness (QED) is 0.271. The van der Waals surface area contributed by atoms with E-state index < -0.39 is 5.82 Å². The molecule has 0 aromatic heterocycles. The molecule has 2 aliphatic heterocycles. The van der Waals surface area contributed by atoms with Gasteiger partial charge in [0, 0.05) is 30.6 Å². The molecule has 1 aromatic rings. The number of thiol groups is 1. The van der Waals surface area contributed by atoms with Crippen LogP contribution >= 0.6 is 48.2 Å². The first-order chi connectivity index (χ1) is 13.9. The maximum atomic E-state index is 13.5. The van der Waals surface area contributed by atoms with Crippen molar-refractivity contribution in [1.82, 2.24) is 4.90 Å². The van der Waals surface area contributed by atoms with Gasteiger partial charge in [0.2, 0.25) is 0 Å². The van der Waals surface area contributed by atoms with Gasteiger partial charge < -0.3 is 15.0 Å². The number of esters is 1. The molecule has 5 nitrogen and oxygen atoms in total. The standard InChI is InChI=1S/C10H9ClFNO2S3.C9H14N2/c1-15-9(14)4-18-8-3-7(13-10(16)17)6(12)2-5(8)11;1-2-5-9-10-6-4-8-11(9)7-3-1/h2-3H,4H2,1H3,(H2,13,16,17);3,7H,1-2,4-6,8H2. The first-order valence-corrected chi connectivity index (χ1v) is 11.3. The van der Waals surface area contributed by atoms with E-state index in [9.17, 15) is 9.18 Å².